The van der Waals surface area contributed by atoms with Gasteiger partial charge in [0.1, 0.15) is 22.3 Å². The standard InChI is InChI=1S/C60H38N2O2/c1-2-11-39(12-3-1)40-21-29-44(30-22-40)61(46-35-27-43(28-36-46)48-16-10-17-52-50-14-5-9-20-58(50)64-60(48)52)45-31-23-41(24-32-45)42-25-33-47(34-26-42)62-55-18-7-4-13-49(55)53-38-59-54(37-56(53)62)51-15-6-8-19-57(51)63-59/h1-38H. The van der Waals surface area contributed by atoms with Gasteiger partial charge in [-0.1, -0.05) is 152 Å². The molecule has 0 radical (unpaired) electrons. The fourth-order valence-corrected chi connectivity index (χ4v) is 9.72. The highest BCUT2D eigenvalue weighted by Gasteiger charge is 2.18. The number of nitrogens with zero attached hydrogens (tertiary/aromatic N) is 2. The van der Waals surface area contributed by atoms with Crippen molar-refractivity contribution in [3.05, 3.63) is 231 Å². The Morgan fingerprint density at radius 1 is 0.297 bits per heavy atom. The van der Waals surface area contributed by atoms with Gasteiger partial charge in [0, 0.05) is 60.6 Å². The molecule has 0 aliphatic heterocycles. The van der Waals surface area contributed by atoms with Crippen molar-refractivity contribution in [2.24, 2.45) is 0 Å². The summed E-state index contributed by atoms with van der Waals surface area (Å²) in [5, 5.41) is 6.90. The smallest absolute Gasteiger partial charge is 0.143 e. The van der Waals surface area contributed by atoms with Crippen molar-refractivity contribution in [1.29, 1.82) is 0 Å². The molecule has 0 saturated heterocycles. The molecule has 0 bridgehead atoms. The van der Waals surface area contributed by atoms with Crippen LogP contribution in [-0.4, -0.2) is 4.57 Å². The van der Waals surface area contributed by atoms with E-state index in [9.17, 15) is 0 Å². The maximum absolute atomic E-state index is 6.42. The Labute approximate surface area is 369 Å². The van der Waals surface area contributed by atoms with Crippen molar-refractivity contribution in [1.82, 2.24) is 4.57 Å². The van der Waals surface area contributed by atoms with Gasteiger partial charge in [-0.15, -0.1) is 0 Å². The van der Waals surface area contributed by atoms with Gasteiger partial charge in [0.2, 0.25) is 0 Å². The van der Waals surface area contributed by atoms with Crippen LogP contribution in [0.4, 0.5) is 17.1 Å². The molecule has 10 aromatic carbocycles. The zero-order chi connectivity index (χ0) is 42.1. The first-order valence-electron chi connectivity index (χ1n) is 21.7. The first kappa shape index (κ1) is 36.1. The van der Waals surface area contributed by atoms with E-state index in [2.05, 4.69) is 216 Å². The highest BCUT2D eigenvalue weighted by atomic mass is 16.3. The van der Waals surface area contributed by atoms with Crippen molar-refractivity contribution in [3.8, 4) is 39.1 Å². The third-order valence-electron chi connectivity index (χ3n) is 12.8. The van der Waals surface area contributed by atoms with Gasteiger partial charge in [-0.25, -0.2) is 0 Å². The summed E-state index contributed by atoms with van der Waals surface area (Å²) in [6.45, 7) is 0. The molecule has 13 aromatic rings. The number of para-hydroxylation sites is 4. The number of fused-ring (bicyclic) bond motifs is 9. The Balaban J connectivity index is 0.859. The van der Waals surface area contributed by atoms with Gasteiger partial charge in [-0.3, -0.25) is 0 Å². The summed E-state index contributed by atoms with van der Waals surface area (Å²) in [6.07, 6.45) is 0. The maximum atomic E-state index is 6.42. The molecule has 4 nitrogen and oxygen atoms in total. The molecule has 0 saturated carbocycles. The van der Waals surface area contributed by atoms with Gasteiger partial charge < -0.3 is 18.3 Å². The highest BCUT2D eigenvalue weighted by molar-refractivity contribution is 6.17. The third kappa shape index (κ3) is 5.84. The fourth-order valence-electron chi connectivity index (χ4n) is 9.72. The highest BCUT2D eigenvalue weighted by Crippen LogP contribution is 2.42. The Hall–Kier alpha value is -8.60. The van der Waals surface area contributed by atoms with Crippen LogP contribution in [-0.2, 0) is 0 Å². The lowest BCUT2D eigenvalue weighted by atomic mass is 10.0. The van der Waals surface area contributed by atoms with Crippen LogP contribution in [0, 0.1) is 0 Å². The van der Waals surface area contributed by atoms with Crippen LogP contribution in [0.25, 0.3) is 105 Å². The van der Waals surface area contributed by atoms with Crippen molar-refractivity contribution in [2.45, 2.75) is 0 Å². The summed E-state index contributed by atoms with van der Waals surface area (Å²) in [5.41, 5.74) is 17.2. The molecular formula is C60H38N2O2. The molecule has 0 aliphatic rings. The van der Waals surface area contributed by atoms with E-state index in [1.807, 2.05) is 24.3 Å². The first-order chi connectivity index (χ1) is 31.7. The molecular weight excluding hydrogens is 781 g/mol. The maximum Gasteiger partial charge on any atom is 0.143 e. The molecule has 0 unspecified atom stereocenters. The molecule has 3 heterocycles. The number of anilines is 3. The van der Waals surface area contributed by atoms with Gasteiger partial charge in [-0.2, -0.15) is 0 Å². The van der Waals surface area contributed by atoms with Crippen molar-refractivity contribution in [2.75, 3.05) is 4.90 Å². The number of aromatic nitrogens is 1. The van der Waals surface area contributed by atoms with Crippen molar-refractivity contribution >= 4 is 82.7 Å². The Morgan fingerprint density at radius 3 is 1.45 bits per heavy atom. The summed E-state index contributed by atoms with van der Waals surface area (Å²) in [6, 6.07) is 82.2. The van der Waals surface area contributed by atoms with E-state index in [0.717, 1.165) is 94.4 Å². The van der Waals surface area contributed by atoms with E-state index in [-0.39, 0.29) is 0 Å². The zero-order valence-corrected chi connectivity index (χ0v) is 34.7. The van der Waals surface area contributed by atoms with Crippen LogP contribution in [0.2, 0.25) is 0 Å². The van der Waals surface area contributed by atoms with E-state index in [1.165, 1.54) is 27.4 Å². The topological polar surface area (TPSA) is 34.5 Å². The molecule has 64 heavy (non-hydrogen) atoms. The molecule has 0 aliphatic carbocycles. The molecule has 13 rings (SSSR count). The molecule has 0 N–H and O–H groups in total. The van der Waals surface area contributed by atoms with Gasteiger partial charge in [0.25, 0.3) is 0 Å². The Bertz CT molecular complexity index is 3860. The van der Waals surface area contributed by atoms with Crippen LogP contribution < -0.4 is 4.90 Å². The number of benzene rings is 10. The average Bonchev–Trinajstić information content (AvgIpc) is 4.04. The summed E-state index contributed by atoms with van der Waals surface area (Å²) in [7, 11) is 0. The second kappa shape index (κ2) is 14.5. The van der Waals surface area contributed by atoms with Crippen LogP contribution in [0.1, 0.15) is 0 Å². The van der Waals surface area contributed by atoms with Gasteiger partial charge in [0.05, 0.1) is 11.0 Å². The molecule has 300 valence electrons. The molecule has 0 spiro atoms. The van der Waals surface area contributed by atoms with Gasteiger partial charge >= 0.3 is 0 Å². The number of hydrogen-bond donors (Lipinski definition) is 0. The minimum Gasteiger partial charge on any atom is -0.456 e. The summed E-state index contributed by atoms with van der Waals surface area (Å²) < 4.78 is 15.1. The molecule has 3 aromatic heterocycles. The fraction of sp³-hybridized carbons (Fsp3) is 0. The summed E-state index contributed by atoms with van der Waals surface area (Å²) in [5.74, 6) is 0. The van der Waals surface area contributed by atoms with E-state index in [1.54, 1.807) is 0 Å². The lowest BCUT2D eigenvalue weighted by Crippen LogP contribution is -2.09. The van der Waals surface area contributed by atoms with Crippen molar-refractivity contribution in [3.63, 3.8) is 0 Å². The van der Waals surface area contributed by atoms with E-state index < -0.39 is 0 Å². The molecule has 0 fully saturated rings. The molecule has 4 heteroatoms. The van der Waals surface area contributed by atoms with Gasteiger partial charge in [0.15, 0.2) is 0 Å². The molecule has 0 amide bonds. The first-order valence-corrected chi connectivity index (χ1v) is 21.7. The largest absolute Gasteiger partial charge is 0.456 e. The predicted octanol–water partition coefficient (Wildman–Crippen LogP) is 17.1. The van der Waals surface area contributed by atoms with E-state index >= 15 is 0 Å². The summed E-state index contributed by atoms with van der Waals surface area (Å²) in [4.78, 5) is 2.33. The summed E-state index contributed by atoms with van der Waals surface area (Å²) >= 11 is 0. The van der Waals surface area contributed by atoms with Crippen LogP contribution in [0.15, 0.2) is 239 Å². The number of rotatable bonds is 7. The number of hydrogen-bond acceptors (Lipinski definition) is 3. The van der Waals surface area contributed by atoms with Crippen LogP contribution in [0.3, 0.4) is 0 Å². The Morgan fingerprint density at radius 2 is 0.797 bits per heavy atom. The second-order valence-corrected chi connectivity index (χ2v) is 16.5. The van der Waals surface area contributed by atoms with E-state index in [0.29, 0.717) is 0 Å². The quantitative estimate of drug-likeness (QED) is 0.161. The SMILES string of the molecule is c1ccc(-c2ccc(N(c3ccc(-c4ccc(-n5c6ccccc6c6cc7oc8ccccc8c7cc65)cc4)cc3)c3ccc(-c4cccc5c4oc4ccccc45)cc3)cc2)cc1. The second-order valence-electron chi connectivity index (χ2n) is 16.5. The monoisotopic (exact) mass is 818 g/mol. The minimum atomic E-state index is 0.902. The normalized spacial score (nSPS) is 11.8. The minimum absolute atomic E-state index is 0.902. The third-order valence-corrected chi connectivity index (χ3v) is 12.8. The predicted molar refractivity (Wildman–Crippen MR) is 266 cm³/mol. The van der Waals surface area contributed by atoms with Gasteiger partial charge in [-0.05, 0) is 107 Å². The van der Waals surface area contributed by atoms with Crippen molar-refractivity contribution < 1.29 is 8.83 Å². The lowest BCUT2D eigenvalue weighted by Gasteiger charge is -2.26. The van der Waals surface area contributed by atoms with Crippen LogP contribution in [0.5, 0.6) is 0 Å². The van der Waals surface area contributed by atoms with E-state index in [4.69, 9.17) is 8.83 Å². The Kier molecular flexibility index (Phi) is 8.18. The number of furan rings is 2. The zero-order valence-electron chi connectivity index (χ0n) is 34.7. The van der Waals surface area contributed by atoms with Crippen LogP contribution >= 0.6 is 0 Å². The average molecular weight is 819 g/mol. The molecule has 0 atom stereocenters. The lowest BCUT2D eigenvalue weighted by molar-refractivity contribution is 0.669.